The minimum absolute atomic E-state index is 0.141. The van der Waals surface area contributed by atoms with E-state index in [1.54, 1.807) is 7.11 Å². The molecule has 5 heteroatoms. The minimum atomic E-state index is -0.547. The van der Waals surface area contributed by atoms with E-state index < -0.39 is 5.41 Å². The van der Waals surface area contributed by atoms with E-state index in [-0.39, 0.29) is 12.0 Å². The predicted octanol–water partition coefficient (Wildman–Crippen LogP) is 1.33. The van der Waals surface area contributed by atoms with E-state index in [0.29, 0.717) is 10.9 Å². The van der Waals surface area contributed by atoms with Crippen LogP contribution < -0.4 is 5.73 Å². The molecule has 0 atom stereocenters. The molecule has 0 aromatic rings. The molecule has 2 rings (SSSR count). The first-order valence-corrected chi connectivity index (χ1v) is 7.02. The summed E-state index contributed by atoms with van der Waals surface area (Å²) in [5.74, 6) is 0.689. The molecular formula is C13H22N2O2S. The molecule has 2 N–H and O–H groups in total. The Kier molecular flexibility index (Phi) is 3.92. The molecule has 0 bridgehead atoms. The summed E-state index contributed by atoms with van der Waals surface area (Å²) >= 11 is 5.13. The summed E-state index contributed by atoms with van der Waals surface area (Å²) in [5.41, 5.74) is 5.27. The topological polar surface area (TPSA) is 55.6 Å². The van der Waals surface area contributed by atoms with Gasteiger partial charge in [-0.1, -0.05) is 19.1 Å². The van der Waals surface area contributed by atoms with E-state index in [1.807, 2.05) is 4.90 Å². The van der Waals surface area contributed by atoms with Crippen LogP contribution in [0.5, 0.6) is 0 Å². The molecule has 4 nitrogen and oxygen atoms in total. The maximum absolute atomic E-state index is 12.6. The van der Waals surface area contributed by atoms with E-state index >= 15 is 0 Å². The number of amides is 1. The van der Waals surface area contributed by atoms with Gasteiger partial charge < -0.3 is 15.4 Å². The Morgan fingerprint density at radius 3 is 2.33 bits per heavy atom. The van der Waals surface area contributed by atoms with Gasteiger partial charge in [-0.15, -0.1) is 0 Å². The summed E-state index contributed by atoms with van der Waals surface area (Å²) in [7, 11) is 1.73. The first-order chi connectivity index (χ1) is 8.49. The second kappa shape index (κ2) is 5.13. The summed E-state index contributed by atoms with van der Waals surface area (Å²) in [6.07, 6.45) is 3.72. The second-order valence-corrected chi connectivity index (χ2v) is 6.13. The van der Waals surface area contributed by atoms with Gasteiger partial charge in [0.2, 0.25) is 5.91 Å². The third-order valence-electron chi connectivity index (χ3n) is 4.34. The Balaban J connectivity index is 2.01. The van der Waals surface area contributed by atoms with Crippen LogP contribution in [0.25, 0.3) is 0 Å². The Morgan fingerprint density at radius 1 is 1.39 bits per heavy atom. The SMILES string of the molecule is COC1CCN(C(=O)C2(C(N)=S)CC(C)C2)CC1. The molecule has 1 saturated heterocycles. The van der Waals surface area contributed by atoms with Gasteiger partial charge in [-0.2, -0.15) is 0 Å². The lowest BCUT2D eigenvalue weighted by atomic mass is 9.61. The Morgan fingerprint density at radius 2 is 1.94 bits per heavy atom. The van der Waals surface area contributed by atoms with E-state index in [2.05, 4.69) is 6.92 Å². The van der Waals surface area contributed by atoms with Crippen molar-refractivity contribution in [2.45, 2.75) is 38.7 Å². The van der Waals surface area contributed by atoms with Crippen LogP contribution in [-0.4, -0.2) is 42.1 Å². The number of carbonyl (C=O) groups excluding carboxylic acids is 1. The average molecular weight is 270 g/mol. The van der Waals surface area contributed by atoms with Crippen molar-refractivity contribution < 1.29 is 9.53 Å². The third-order valence-corrected chi connectivity index (χ3v) is 4.73. The largest absolute Gasteiger partial charge is 0.392 e. The van der Waals surface area contributed by atoms with Crippen molar-refractivity contribution in [2.75, 3.05) is 20.2 Å². The number of piperidine rings is 1. The quantitative estimate of drug-likeness (QED) is 0.786. The van der Waals surface area contributed by atoms with Crippen molar-refractivity contribution in [3.05, 3.63) is 0 Å². The minimum Gasteiger partial charge on any atom is -0.392 e. The highest BCUT2D eigenvalue weighted by atomic mass is 32.1. The fraction of sp³-hybridized carbons (Fsp3) is 0.846. The number of methoxy groups -OCH3 is 1. The van der Waals surface area contributed by atoms with Crippen molar-refractivity contribution in [1.29, 1.82) is 0 Å². The zero-order valence-electron chi connectivity index (χ0n) is 11.1. The van der Waals surface area contributed by atoms with Gasteiger partial charge in [0.1, 0.15) is 0 Å². The Labute approximate surface area is 114 Å². The fourth-order valence-electron chi connectivity index (χ4n) is 3.21. The van der Waals surface area contributed by atoms with E-state index in [9.17, 15) is 4.79 Å². The fourth-order valence-corrected chi connectivity index (χ4v) is 3.46. The second-order valence-electron chi connectivity index (χ2n) is 5.69. The summed E-state index contributed by atoms with van der Waals surface area (Å²) in [6, 6.07) is 0. The maximum Gasteiger partial charge on any atom is 0.235 e. The highest BCUT2D eigenvalue weighted by Gasteiger charge is 2.52. The molecule has 1 heterocycles. The van der Waals surface area contributed by atoms with Crippen LogP contribution >= 0.6 is 12.2 Å². The molecule has 0 radical (unpaired) electrons. The van der Waals surface area contributed by atoms with Crippen LogP contribution in [0.3, 0.4) is 0 Å². The smallest absolute Gasteiger partial charge is 0.235 e. The van der Waals surface area contributed by atoms with Crippen LogP contribution in [-0.2, 0) is 9.53 Å². The van der Waals surface area contributed by atoms with Crippen molar-refractivity contribution in [1.82, 2.24) is 4.90 Å². The summed E-state index contributed by atoms with van der Waals surface area (Å²) in [5, 5.41) is 0. The van der Waals surface area contributed by atoms with Gasteiger partial charge in [-0.05, 0) is 31.6 Å². The van der Waals surface area contributed by atoms with Gasteiger partial charge in [0.25, 0.3) is 0 Å². The highest BCUT2D eigenvalue weighted by Crippen LogP contribution is 2.47. The molecule has 1 amide bonds. The van der Waals surface area contributed by atoms with Crippen molar-refractivity contribution in [3.63, 3.8) is 0 Å². The van der Waals surface area contributed by atoms with Gasteiger partial charge in [-0.3, -0.25) is 4.79 Å². The normalized spacial score (nSPS) is 33.0. The molecule has 0 unspecified atom stereocenters. The third kappa shape index (κ3) is 2.26. The molecule has 0 spiro atoms. The molecule has 1 aliphatic heterocycles. The van der Waals surface area contributed by atoms with Gasteiger partial charge in [-0.25, -0.2) is 0 Å². The maximum atomic E-state index is 12.6. The van der Waals surface area contributed by atoms with Gasteiger partial charge in [0, 0.05) is 20.2 Å². The molecule has 102 valence electrons. The molecule has 0 aromatic heterocycles. The summed E-state index contributed by atoms with van der Waals surface area (Å²) in [4.78, 5) is 14.9. The first kappa shape index (κ1) is 13.7. The number of hydrogen-bond acceptors (Lipinski definition) is 3. The predicted molar refractivity (Wildman–Crippen MR) is 74.2 cm³/mol. The number of nitrogens with zero attached hydrogens (tertiary/aromatic N) is 1. The van der Waals surface area contributed by atoms with Crippen LogP contribution in [0.15, 0.2) is 0 Å². The van der Waals surface area contributed by atoms with E-state index in [0.717, 1.165) is 38.8 Å². The van der Waals surface area contributed by atoms with Crippen molar-refractivity contribution in [2.24, 2.45) is 17.1 Å². The number of rotatable bonds is 3. The van der Waals surface area contributed by atoms with E-state index in [4.69, 9.17) is 22.7 Å². The van der Waals surface area contributed by atoms with Gasteiger partial charge >= 0.3 is 0 Å². The standard InChI is InChI=1S/C13H22N2O2S/c1-9-7-13(8-9,11(14)18)12(16)15-5-3-10(17-2)4-6-15/h9-10H,3-8H2,1-2H3,(H2,14,18). The van der Waals surface area contributed by atoms with Crippen LogP contribution in [0.2, 0.25) is 0 Å². The van der Waals surface area contributed by atoms with Crippen molar-refractivity contribution in [3.8, 4) is 0 Å². The molecule has 18 heavy (non-hydrogen) atoms. The van der Waals surface area contributed by atoms with Crippen molar-refractivity contribution >= 4 is 23.1 Å². The zero-order chi connectivity index (χ0) is 13.3. The number of likely N-dealkylation sites (tertiary alicyclic amines) is 1. The Bertz CT molecular complexity index is 345. The molecule has 0 aromatic carbocycles. The molecular weight excluding hydrogens is 248 g/mol. The van der Waals surface area contributed by atoms with Gasteiger partial charge in [0.15, 0.2) is 0 Å². The lowest BCUT2D eigenvalue weighted by molar-refractivity contribution is -0.146. The number of nitrogens with two attached hydrogens (primary N) is 1. The summed E-state index contributed by atoms with van der Waals surface area (Å²) in [6.45, 7) is 3.66. The molecule has 2 fully saturated rings. The van der Waals surface area contributed by atoms with Crippen LogP contribution in [0, 0.1) is 11.3 Å². The zero-order valence-corrected chi connectivity index (χ0v) is 12.0. The number of hydrogen-bond donors (Lipinski definition) is 1. The molecule has 1 saturated carbocycles. The van der Waals surface area contributed by atoms with Crippen LogP contribution in [0.4, 0.5) is 0 Å². The Hall–Kier alpha value is -0.680. The highest BCUT2D eigenvalue weighted by molar-refractivity contribution is 7.80. The van der Waals surface area contributed by atoms with Gasteiger partial charge in [0.05, 0.1) is 16.5 Å². The number of ether oxygens (including phenoxy) is 1. The number of thiocarbonyl (C=S) groups is 1. The molecule has 2 aliphatic rings. The molecule has 1 aliphatic carbocycles. The lowest BCUT2D eigenvalue weighted by Crippen LogP contribution is -2.58. The first-order valence-electron chi connectivity index (χ1n) is 6.61. The lowest BCUT2D eigenvalue weighted by Gasteiger charge is -2.47. The average Bonchev–Trinajstić information content (AvgIpc) is 2.33. The monoisotopic (exact) mass is 270 g/mol. The number of carbonyl (C=O) groups is 1. The summed E-state index contributed by atoms with van der Waals surface area (Å²) < 4.78 is 5.32. The van der Waals surface area contributed by atoms with E-state index in [1.165, 1.54) is 0 Å². The van der Waals surface area contributed by atoms with Crippen LogP contribution in [0.1, 0.15) is 32.6 Å².